The van der Waals surface area contributed by atoms with Crippen LogP contribution in [-0.4, -0.2) is 16.1 Å². The molecule has 0 spiro atoms. The number of nitrogens with zero attached hydrogens (tertiary/aromatic N) is 2. The Morgan fingerprint density at radius 2 is 1.76 bits per heavy atom. The van der Waals surface area contributed by atoms with E-state index >= 15 is 0 Å². The van der Waals surface area contributed by atoms with Gasteiger partial charge in [0.05, 0.1) is 11.0 Å². The maximum absolute atomic E-state index is 5.73. The summed E-state index contributed by atoms with van der Waals surface area (Å²) in [5.41, 5.74) is 9.12. The summed E-state index contributed by atoms with van der Waals surface area (Å²) in [6, 6.07) is 18.7. The number of hydrogen-bond donors (Lipinski definition) is 1. The first-order valence-electron chi connectivity index (χ1n) is 7.51. The Morgan fingerprint density at radius 1 is 1.05 bits per heavy atom. The van der Waals surface area contributed by atoms with Crippen molar-refractivity contribution in [2.24, 2.45) is 11.7 Å². The molecule has 0 saturated carbocycles. The number of rotatable bonds is 5. The molecule has 1 atom stereocenters. The molecule has 0 aliphatic heterocycles. The van der Waals surface area contributed by atoms with Crippen molar-refractivity contribution in [2.75, 3.05) is 6.54 Å². The molecule has 0 bridgehead atoms. The minimum absolute atomic E-state index is 0.522. The Morgan fingerprint density at radius 3 is 2.52 bits per heavy atom. The molecule has 0 aliphatic carbocycles. The van der Waals surface area contributed by atoms with Gasteiger partial charge in [0.15, 0.2) is 0 Å². The summed E-state index contributed by atoms with van der Waals surface area (Å²) in [6.45, 7) is 2.92. The second kappa shape index (κ2) is 6.10. The minimum Gasteiger partial charge on any atom is -0.330 e. The molecule has 3 nitrogen and oxygen atoms in total. The minimum atomic E-state index is 0.522. The Balaban J connectivity index is 2.06. The van der Waals surface area contributed by atoms with Crippen molar-refractivity contribution in [2.45, 2.75) is 19.8 Å². The largest absolute Gasteiger partial charge is 0.330 e. The van der Waals surface area contributed by atoms with Crippen LogP contribution in [0.5, 0.6) is 0 Å². The Bertz CT molecular complexity index is 716. The van der Waals surface area contributed by atoms with Gasteiger partial charge < -0.3 is 5.73 Å². The second-order valence-corrected chi connectivity index (χ2v) is 5.57. The van der Waals surface area contributed by atoms with Crippen LogP contribution in [0.2, 0.25) is 0 Å². The lowest BCUT2D eigenvalue weighted by Gasteiger charge is -2.11. The van der Waals surface area contributed by atoms with Crippen molar-refractivity contribution in [3.8, 4) is 5.69 Å². The van der Waals surface area contributed by atoms with Crippen LogP contribution in [0.3, 0.4) is 0 Å². The summed E-state index contributed by atoms with van der Waals surface area (Å²) < 4.78 is 2.26. The van der Waals surface area contributed by atoms with E-state index in [4.69, 9.17) is 10.7 Å². The average Bonchev–Trinajstić information content (AvgIpc) is 2.91. The summed E-state index contributed by atoms with van der Waals surface area (Å²) in [5.74, 6) is 1.64. The van der Waals surface area contributed by atoms with E-state index in [-0.39, 0.29) is 0 Å². The van der Waals surface area contributed by atoms with Gasteiger partial charge in [-0.2, -0.15) is 0 Å². The summed E-state index contributed by atoms with van der Waals surface area (Å²) in [6.07, 6.45) is 2.01. The molecule has 3 aromatic rings. The molecule has 2 aromatic carbocycles. The highest BCUT2D eigenvalue weighted by molar-refractivity contribution is 5.78. The molecular formula is C18H21N3. The van der Waals surface area contributed by atoms with Gasteiger partial charge in [0, 0.05) is 12.1 Å². The van der Waals surface area contributed by atoms with Crippen molar-refractivity contribution in [1.82, 2.24) is 9.55 Å². The molecule has 0 saturated heterocycles. The quantitative estimate of drug-likeness (QED) is 0.776. The molecule has 1 aromatic heterocycles. The van der Waals surface area contributed by atoms with Crippen molar-refractivity contribution in [1.29, 1.82) is 0 Å². The number of para-hydroxylation sites is 3. The van der Waals surface area contributed by atoms with Crippen LogP contribution in [0.4, 0.5) is 0 Å². The van der Waals surface area contributed by atoms with Crippen LogP contribution in [0.25, 0.3) is 16.7 Å². The number of hydrogen-bond acceptors (Lipinski definition) is 2. The van der Waals surface area contributed by atoms with E-state index in [9.17, 15) is 0 Å². The van der Waals surface area contributed by atoms with Crippen molar-refractivity contribution in [3.05, 3.63) is 60.4 Å². The van der Waals surface area contributed by atoms with E-state index in [1.807, 2.05) is 12.1 Å². The molecular weight excluding hydrogens is 258 g/mol. The van der Waals surface area contributed by atoms with Gasteiger partial charge in [-0.15, -0.1) is 0 Å². The van der Waals surface area contributed by atoms with E-state index < -0.39 is 0 Å². The van der Waals surface area contributed by atoms with Crippen LogP contribution in [0.15, 0.2) is 54.6 Å². The third-order valence-electron chi connectivity index (χ3n) is 3.91. The monoisotopic (exact) mass is 279 g/mol. The molecule has 3 heteroatoms. The van der Waals surface area contributed by atoms with Gasteiger partial charge in [0.25, 0.3) is 0 Å². The first-order valence-corrected chi connectivity index (χ1v) is 7.51. The molecule has 21 heavy (non-hydrogen) atoms. The number of nitrogens with two attached hydrogens (primary N) is 1. The van der Waals surface area contributed by atoms with Gasteiger partial charge in [-0.25, -0.2) is 4.98 Å². The first kappa shape index (κ1) is 13.8. The van der Waals surface area contributed by atoms with Gasteiger partial charge in [0.1, 0.15) is 5.82 Å². The number of fused-ring (bicyclic) bond motifs is 1. The van der Waals surface area contributed by atoms with Crippen LogP contribution in [0, 0.1) is 5.92 Å². The van der Waals surface area contributed by atoms with Gasteiger partial charge >= 0.3 is 0 Å². The molecule has 3 rings (SSSR count). The number of aryl methyl sites for hydroxylation is 1. The van der Waals surface area contributed by atoms with E-state index in [1.54, 1.807) is 0 Å². The van der Waals surface area contributed by atoms with Gasteiger partial charge in [0.2, 0.25) is 0 Å². The molecule has 0 aliphatic rings. The topological polar surface area (TPSA) is 43.8 Å². The highest BCUT2D eigenvalue weighted by Gasteiger charge is 2.12. The predicted molar refractivity (Wildman–Crippen MR) is 87.6 cm³/mol. The molecule has 108 valence electrons. The Kier molecular flexibility index (Phi) is 4.02. The molecule has 0 fully saturated rings. The molecule has 1 heterocycles. The number of imidazole rings is 1. The maximum Gasteiger partial charge on any atom is 0.114 e. The zero-order chi connectivity index (χ0) is 14.7. The second-order valence-electron chi connectivity index (χ2n) is 5.57. The number of benzene rings is 2. The van der Waals surface area contributed by atoms with E-state index in [2.05, 4.69) is 54.0 Å². The maximum atomic E-state index is 5.73. The normalized spacial score (nSPS) is 12.7. The zero-order valence-electron chi connectivity index (χ0n) is 12.4. The molecule has 0 amide bonds. The zero-order valence-corrected chi connectivity index (χ0v) is 12.4. The van der Waals surface area contributed by atoms with E-state index in [0.717, 1.165) is 30.7 Å². The lowest BCUT2D eigenvalue weighted by molar-refractivity contribution is 0.534. The fraction of sp³-hybridized carbons (Fsp3) is 0.278. The summed E-state index contributed by atoms with van der Waals surface area (Å²) in [4.78, 5) is 4.82. The van der Waals surface area contributed by atoms with Crippen LogP contribution in [0.1, 0.15) is 19.2 Å². The van der Waals surface area contributed by atoms with Gasteiger partial charge in [-0.1, -0.05) is 37.3 Å². The van der Waals surface area contributed by atoms with Crippen molar-refractivity contribution < 1.29 is 0 Å². The molecule has 2 N–H and O–H groups in total. The summed E-state index contributed by atoms with van der Waals surface area (Å²) in [5, 5.41) is 0. The van der Waals surface area contributed by atoms with Crippen LogP contribution < -0.4 is 5.73 Å². The Hall–Kier alpha value is -2.13. The lowest BCUT2D eigenvalue weighted by Crippen LogP contribution is -2.12. The average molecular weight is 279 g/mol. The SMILES string of the molecule is CC(CN)CCc1nc2ccccc2n1-c1ccccc1. The van der Waals surface area contributed by atoms with Gasteiger partial charge in [-0.05, 0) is 43.1 Å². The highest BCUT2D eigenvalue weighted by Crippen LogP contribution is 2.22. The highest BCUT2D eigenvalue weighted by atomic mass is 15.1. The summed E-state index contributed by atoms with van der Waals surface area (Å²) in [7, 11) is 0. The standard InChI is InChI=1S/C18H21N3/c1-14(13-19)11-12-18-20-16-9-5-6-10-17(16)21(18)15-7-3-2-4-8-15/h2-10,14H,11-13,19H2,1H3. The first-order chi connectivity index (χ1) is 10.3. The fourth-order valence-electron chi connectivity index (χ4n) is 2.60. The number of aromatic nitrogens is 2. The third-order valence-corrected chi connectivity index (χ3v) is 3.91. The van der Waals surface area contributed by atoms with Crippen LogP contribution >= 0.6 is 0 Å². The van der Waals surface area contributed by atoms with Crippen molar-refractivity contribution >= 4 is 11.0 Å². The lowest BCUT2D eigenvalue weighted by atomic mass is 10.1. The third kappa shape index (κ3) is 2.83. The van der Waals surface area contributed by atoms with E-state index in [1.165, 1.54) is 11.2 Å². The van der Waals surface area contributed by atoms with E-state index in [0.29, 0.717) is 5.92 Å². The fourth-order valence-corrected chi connectivity index (χ4v) is 2.60. The van der Waals surface area contributed by atoms with Crippen LogP contribution in [-0.2, 0) is 6.42 Å². The molecule has 1 unspecified atom stereocenters. The Labute approximate surface area is 125 Å². The van der Waals surface area contributed by atoms with Crippen molar-refractivity contribution in [3.63, 3.8) is 0 Å². The summed E-state index contributed by atoms with van der Waals surface area (Å²) >= 11 is 0. The smallest absolute Gasteiger partial charge is 0.114 e. The molecule has 0 radical (unpaired) electrons. The predicted octanol–water partition coefficient (Wildman–Crippen LogP) is 3.55. The van der Waals surface area contributed by atoms with Gasteiger partial charge in [-0.3, -0.25) is 4.57 Å².